The average Bonchev–Trinajstić information content (AvgIpc) is 3.26. The summed E-state index contributed by atoms with van der Waals surface area (Å²) in [6.07, 6.45) is 4.79. The first kappa shape index (κ1) is 23.6. The number of Topliss-reactive ketones (excluding diaryl/α,β-unsaturated/α-hetero) is 1. The van der Waals surface area contributed by atoms with Gasteiger partial charge in [-0.2, -0.15) is 5.10 Å². The summed E-state index contributed by atoms with van der Waals surface area (Å²) in [5.41, 5.74) is 2.86. The number of halogens is 1. The number of hydrogen-bond acceptors (Lipinski definition) is 5. The fourth-order valence-corrected chi connectivity index (χ4v) is 4.71. The number of aromatic nitrogens is 2. The van der Waals surface area contributed by atoms with Crippen molar-refractivity contribution < 1.29 is 14.3 Å². The van der Waals surface area contributed by atoms with Crippen LogP contribution >= 0.6 is 11.6 Å². The van der Waals surface area contributed by atoms with Gasteiger partial charge in [-0.3, -0.25) is 9.89 Å². The summed E-state index contributed by atoms with van der Waals surface area (Å²) in [7, 11) is 1.60. The number of likely N-dealkylation sites (tertiary alicyclic amines) is 1. The number of methoxy groups -OCH3 is 1. The van der Waals surface area contributed by atoms with Crippen molar-refractivity contribution in [3.63, 3.8) is 0 Å². The van der Waals surface area contributed by atoms with Gasteiger partial charge >= 0.3 is 0 Å². The Morgan fingerprint density at radius 2 is 1.97 bits per heavy atom. The van der Waals surface area contributed by atoms with Crippen LogP contribution in [-0.2, 0) is 0 Å². The van der Waals surface area contributed by atoms with Crippen molar-refractivity contribution in [2.75, 3.05) is 33.4 Å². The zero-order valence-corrected chi connectivity index (χ0v) is 20.2. The number of H-pyrrole nitrogens is 1. The average molecular weight is 470 g/mol. The molecule has 1 aliphatic rings. The highest BCUT2D eigenvalue weighted by Crippen LogP contribution is 2.32. The third-order valence-electron chi connectivity index (χ3n) is 6.46. The topological polar surface area (TPSA) is 67.5 Å². The van der Waals surface area contributed by atoms with E-state index in [1.54, 1.807) is 13.2 Å². The van der Waals surface area contributed by atoms with Gasteiger partial charge in [-0.25, -0.2) is 0 Å². The highest BCUT2D eigenvalue weighted by molar-refractivity contribution is 6.31. The second kappa shape index (κ2) is 11.0. The molecule has 0 amide bonds. The van der Waals surface area contributed by atoms with Crippen molar-refractivity contribution in [1.82, 2.24) is 15.1 Å². The largest absolute Gasteiger partial charge is 0.493 e. The highest BCUT2D eigenvalue weighted by Gasteiger charge is 2.24. The molecular weight excluding hydrogens is 438 g/mol. The normalized spacial score (nSPS) is 15.1. The number of piperidine rings is 1. The molecule has 0 spiro atoms. The molecular formula is C26H32ClN3O3. The van der Waals surface area contributed by atoms with E-state index in [9.17, 15) is 4.79 Å². The van der Waals surface area contributed by atoms with Crippen LogP contribution in [0.15, 0.2) is 36.4 Å². The molecule has 1 N–H and O–H groups in total. The smallest absolute Gasteiger partial charge is 0.162 e. The summed E-state index contributed by atoms with van der Waals surface area (Å²) in [6, 6.07) is 11.4. The summed E-state index contributed by atoms with van der Waals surface area (Å²) >= 11 is 6.09. The van der Waals surface area contributed by atoms with Gasteiger partial charge in [-0.1, -0.05) is 18.5 Å². The summed E-state index contributed by atoms with van der Waals surface area (Å²) in [5.74, 6) is 1.91. The maximum Gasteiger partial charge on any atom is 0.162 e. The molecule has 0 unspecified atom stereocenters. The Hall–Kier alpha value is -2.57. The number of ether oxygens (including phenoxy) is 2. The molecule has 1 aromatic heterocycles. The Labute approximate surface area is 200 Å². The summed E-state index contributed by atoms with van der Waals surface area (Å²) in [5, 5.41) is 9.64. The molecule has 0 saturated carbocycles. The summed E-state index contributed by atoms with van der Waals surface area (Å²) in [6.45, 7) is 5.75. The molecule has 6 nitrogen and oxygen atoms in total. The fourth-order valence-electron chi connectivity index (χ4n) is 4.54. The van der Waals surface area contributed by atoms with Gasteiger partial charge in [0.15, 0.2) is 17.3 Å². The molecule has 1 aliphatic heterocycles. The number of rotatable bonds is 10. The molecule has 7 heteroatoms. The summed E-state index contributed by atoms with van der Waals surface area (Å²) in [4.78, 5) is 14.4. The lowest BCUT2D eigenvalue weighted by Crippen LogP contribution is -2.34. The Morgan fingerprint density at radius 3 is 2.73 bits per heavy atom. The number of nitrogens with zero attached hydrogens (tertiary/aromatic N) is 2. The first-order valence-corrected chi connectivity index (χ1v) is 12.2. The van der Waals surface area contributed by atoms with E-state index in [0.29, 0.717) is 36.0 Å². The molecule has 0 radical (unpaired) electrons. The Kier molecular flexibility index (Phi) is 7.89. The van der Waals surface area contributed by atoms with Crippen molar-refractivity contribution in [3.05, 3.63) is 52.7 Å². The van der Waals surface area contributed by atoms with Crippen LogP contribution < -0.4 is 9.47 Å². The predicted octanol–water partition coefficient (Wildman–Crippen LogP) is 5.86. The fraction of sp³-hybridized carbons (Fsp3) is 0.462. The summed E-state index contributed by atoms with van der Waals surface area (Å²) < 4.78 is 11.3. The van der Waals surface area contributed by atoms with Crippen LogP contribution in [0.5, 0.6) is 11.5 Å². The lowest BCUT2D eigenvalue weighted by molar-refractivity contribution is 0.0987. The predicted molar refractivity (Wildman–Crippen MR) is 132 cm³/mol. The lowest BCUT2D eigenvalue weighted by atomic mass is 9.91. The molecule has 176 valence electrons. The van der Waals surface area contributed by atoms with Crippen molar-refractivity contribution in [2.45, 2.75) is 44.9 Å². The van der Waals surface area contributed by atoms with Crippen LogP contribution in [0.2, 0.25) is 5.02 Å². The number of nitrogens with one attached hydrogen (secondary N) is 1. The minimum absolute atomic E-state index is 0.105. The number of hydrogen-bond donors (Lipinski definition) is 1. The maximum absolute atomic E-state index is 11.9. The SMILES string of the molecule is CCC(=O)c1ccc(OCCCCN2CCC(c3n[nH]c4cc(Cl)ccc34)CC2)c(OC)c1. The third-order valence-corrected chi connectivity index (χ3v) is 6.70. The van der Waals surface area contributed by atoms with E-state index < -0.39 is 0 Å². The van der Waals surface area contributed by atoms with Crippen LogP contribution in [0, 0.1) is 0 Å². The Balaban J connectivity index is 1.19. The molecule has 1 saturated heterocycles. The Bertz CT molecular complexity index is 1090. The molecule has 2 heterocycles. The van der Waals surface area contributed by atoms with Gasteiger partial charge < -0.3 is 14.4 Å². The molecule has 2 aromatic carbocycles. The van der Waals surface area contributed by atoms with Crippen molar-refractivity contribution in [3.8, 4) is 11.5 Å². The number of carbonyl (C=O) groups excluding carboxylic acids is 1. The van der Waals surface area contributed by atoms with Gasteiger partial charge in [0.05, 0.1) is 24.9 Å². The number of benzene rings is 2. The third kappa shape index (κ3) is 5.68. The quantitative estimate of drug-likeness (QED) is 0.297. The van der Waals surface area contributed by atoms with Gasteiger partial charge in [0.25, 0.3) is 0 Å². The highest BCUT2D eigenvalue weighted by atomic mass is 35.5. The Morgan fingerprint density at radius 1 is 1.15 bits per heavy atom. The van der Waals surface area contributed by atoms with Crippen LogP contribution in [0.4, 0.5) is 0 Å². The van der Waals surface area contributed by atoms with Gasteiger partial charge in [0.1, 0.15) is 0 Å². The van der Waals surface area contributed by atoms with E-state index in [4.69, 9.17) is 21.1 Å². The monoisotopic (exact) mass is 469 g/mol. The number of carbonyl (C=O) groups is 1. The lowest BCUT2D eigenvalue weighted by Gasteiger charge is -2.31. The van der Waals surface area contributed by atoms with Crippen LogP contribution in [-0.4, -0.2) is 54.2 Å². The number of ketones is 1. The van der Waals surface area contributed by atoms with Gasteiger partial charge in [-0.15, -0.1) is 0 Å². The van der Waals surface area contributed by atoms with Gasteiger partial charge in [-0.05, 0) is 81.7 Å². The molecule has 0 aliphatic carbocycles. The van der Waals surface area contributed by atoms with E-state index in [1.165, 1.54) is 11.1 Å². The molecule has 33 heavy (non-hydrogen) atoms. The second-order valence-corrected chi connectivity index (χ2v) is 9.05. The van der Waals surface area contributed by atoms with E-state index in [0.717, 1.165) is 55.9 Å². The van der Waals surface area contributed by atoms with Gasteiger partial charge in [0.2, 0.25) is 0 Å². The first-order chi connectivity index (χ1) is 16.1. The minimum atomic E-state index is 0.105. The molecule has 0 bridgehead atoms. The van der Waals surface area contributed by atoms with Crippen molar-refractivity contribution in [1.29, 1.82) is 0 Å². The van der Waals surface area contributed by atoms with E-state index in [2.05, 4.69) is 21.2 Å². The maximum atomic E-state index is 11.9. The minimum Gasteiger partial charge on any atom is -0.493 e. The number of unbranched alkanes of at least 4 members (excludes halogenated alkanes) is 1. The zero-order chi connectivity index (χ0) is 23.2. The molecule has 0 atom stereocenters. The number of fused-ring (bicyclic) bond motifs is 1. The van der Waals surface area contributed by atoms with Crippen LogP contribution in [0.3, 0.4) is 0 Å². The first-order valence-electron chi connectivity index (χ1n) is 11.8. The van der Waals surface area contributed by atoms with E-state index in [1.807, 2.05) is 31.2 Å². The molecule has 4 rings (SSSR count). The molecule has 3 aromatic rings. The van der Waals surface area contributed by atoms with Gasteiger partial charge in [0, 0.05) is 28.3 Å². The zero-order valence-electron chi connectivity index (χ0n) is 19.4. The molecule has 1 fully saturated rings. The van der Waals surface area contributed by atoms with Crippen molar-refractivity contribution in [2.24, 2.45) is 0 Å². The van der Waals surface area contributed by atoms with Crippen LogP contribution in [0.25, 0.3) is 10.9 Å². The van der Waals surface area contributed by atoms with Crippen LogP contribution in [0.1, 0.15) is 61.0 Å². The van der Waals surface area contributed by atoms with Crippen molar-refractivity contribution >= 4 is 28.3 Å². The van der Waals surface area contributed by atoms with E-state index in [-0.39, 0.29) is 5.78 Å². The van der Waals surface area contributed by atoms with E-state index >= 15 is 0 Å². The standard InChI is InChI=1S/C26H32ClN3O3/c1-3-23(31)19-6-9-24(25(16-19)32-2)33-15-5-4-12-30-13-10-18(11-14-30)26-21-8-7-20(27)17-22(21)28-29-26/h6-9,16-18H,3-5,10-15H2,1-2H3,(H,28,29). The number of aromatic amines is 1. The second-order valence-electron chi connectivity index (χ2n) is 8.61.